The zero-order valence-electron chi connectivity index (χ0n) is 9.93. The molecule has 0 unspecified atom stereocenters. The molecular weight excluding hydrogens is 203 g/mol. The van der Waals surface area contributed by atoms with Gasteiger partial charge in [-0.05, 0) is 63.6 Å². The van der Waals surface area contributed by atoms with Crippen LogP contribution in [-0.4, -0.2) is 26.7 Å². The van der Waals surface area contributed by atoms with Crippen molar-refractivity contribution in [3.05, 3.63) is 35.6 Å². The lowest BCUT2D eigenvalue weighted by molar-refractivity contribution is 0.604. The Morgan fingerprint density at radius 3 is 2.38 bits per heavy atom. The summed E-state index contributed by atoms with van der Waals surface area (Å²) in [6.07, 6.45) is 3.37. The number of hydrogen-bond donors (Lipinski definition) is 2. The Bertz CT molecular complexity index is 272. The number of hydrogen-bond acceptors (Lipinski definition) is 2. The lowest BCUT2D eigenvalue weighted by Crippen LogP contribution is -2.19. The maximum Gasteiger partial charge on any atom is 0.123 e. The van der Waals surface area contributed by atoms with Crippen LogP contribution in [0.5, 0.6) is 0 Å². The van der Waals surface area contributed by atoms with E-state index in [-0.39, 0.29) is 5.82 Å². The first kappa shape index (κ1) is 13.1. The second-order valence-electron chi connectivity index (χ2n) is 3.94. The van der Waals surface area contributed by atoms with Crippen molar-refractivity contribution in [1.29, 1.82) is 0 Å². The highest BCUT2D eigenvalue weighted by molar-refractivity contribution is 5.16. The summed E-state index contributed by atoms with van der Waals surface area (Å²) in [5, 5.41) is 6.51. The summed E-state index contributed by atoms with van der Waals surface area (Å²) >= 11 is 0. The van der Waals surface area contributed by atoms with Crippen LogP contribution in [0, 0.1) is 5.82 Å². The first-order valence-electron chi connectivity index (χ1n) is 5.92. The van der Waals surface area contributed by atoms with Crippen LogP contribution >= 0.6 is 0 Å². The Morgan fingerprint density at radius 2 is 1.69 bits per heavy atom. The van der Waals surface area contributed by atoms with E-state index in [1.54, 1.807) is 0 Å². The van der Waals surface area contributed by atoms with E-state index in [0.717, 1.165) is 26.1 Å². The van der Waals surface area contributed by atoms with E-state index in [4.69, 9.17) is 0 Å². The van der Waals surface area contributed by atoms with Crippen molar-refractivity contribution in [3.8, 4) is 0 Å². The van der Waals surface area contributed by atoms with E-state index in [1.165, 1.54) is 30.5 Å². The minimum absolute atomic E-state index is 0.163. The molecule has 0 fully saturated rings. The quantitative estimate of drug-likeness (QED) is 0.660. The monoisotopic (exact) mass is 224 g/mol. The Labute approximate surface area is 97.3 Å². The van der Waals surface area contributed by atoms with Gasteiger partial charge in [0.1, 0.15) is 5.82 Å². The van der Waals surface area contributed by atoms with Gasteiger partial charge >= 0.3 is 0 Å². The molecule has 1 aromatic rings. The predicted molar refractivity (Wildman–Crippen MR) is 66.1 cm³/mol. The SMILES string of the molecule is CNCCCCNCCc1ccc(F)cc1. The average Bonchev–Trinajstić information content (AvgIpc) is 2.30. The third-order valence-corrected chi connectivity index (χ3v) is 2.53. The zero-order valence-corrected chi connectivity index (χ0v) is 9.93. The average molecular weight is 224 g/mol. The van der Waals surface area contributed by atoms with E-state index >= 15 is 0 Å². The van der Waals surface area contributed by atoms with Gasteiger partial charge in [-0.2, -0.15) is 0 Å². The molecular formula is C13H21FN2. The minimum Gasteiger partial charge on any atom is -0.320 e. The van der Waals surface area contributed by atoms with Crippen LogP contribution in [0.25, 0.3) is 0 Å². The predicted octanol–water partition coefficient (Wildman–Crippen LogP) is 1.96. The molecule has 0 saturated carbocycles. The topological polar surface area (TPSA) is 24.1 Å². The first-order chi connectivity index (χ1) is 7.83. The number of unbranched alkanes of at least 4 members (excludes halogenated alkanes) is 1. The largest absolute Gasteiger partial charge is 0.320 e. The van der Waals surface area contributed by atoms with Gasteiger partial charge < -0.3 is 10.6 Å². The lowest BCUT2D eigenvalue weighted by Gasteiger charge is -2.04. The smallest absolute Gasteiger partial charge is 0.123 e. The molecule has 16 heavy (non-hydrogen) atoms. The first-order valence-corrected chi connectivity index (χ1v) is 5.92. The third-order valence-electron chi connectivity index (χ3n) is 2.53. The van der Waals surface area contributed by atoms with Crippen LogP contribution in [0.2, 0.25) is 0 Å². The number of halogens is 1. The van der Waals surface area contributed by atoms with Crippen molar-refractivity contribution in [2.45, 2.75) is 19.3 Å². The Morgan fingerprint density at radius 1 is 1.00 bits per heavy atom. The van der Waals surface area contributed by atoms with Crippen LogP contribution in [0.3, 0.4) is 0 Å². The van der Waals surface area contributed by atoms with Gasteiger partial charge in [-0.1, -0.05) is 12.1 Å². The molecule has 0 heterocycles. The summed E-state index contributed by atoms with van der Waals surface area (Å²) in [5.41, 5.74) is 1.18. The minimum atomic E-state index is -0.163. The van der Waals surface area contributed by atoms with Crippen molar-refractivity contribution >= 4 is 0 Å². The van der Waals surface area contributed by atoms with Crippen LogP contribution in [0.1, 0.15) is 18.4 Å². The third kappa shape index (κ3) is 5.83. The van der Waals surface area contributed by atoms with Gasteiger partial charge in [0.25, 0.3) is 0 Å². The fourth-order valence-electron chi connectivity index (χ4n) is 1.56. The second kappa shape index (κ2) is 8.25. The number of benzene rings is 1. The van der Waals surface area contributed by atoms with E-state index in [0.29, 0.717) is 0 Å². The van der Waals surface area contributed by atoms with Crippen LogP contribution in [0.15, 0.2) is 24.3 Å². The standard InChI is InChI=1S/C13H21FN2/c1-15-9-2-3-10-16-11-8-12-4-6-13(14)7-5-12/h4-7,15-16H,2-3,8-11H2,1H3. The maximum atomic E-state index is 12.6. The molecule has 1 aromatic carbocycles. The summed E-state index contributed by atoms with van der Waals surface area (Å²) in [5.74, 6) is -0.163. The molecule has 0 radical (unpaired) electrons. The summed E-state index contributed by atoms with van der Waals surface area (Å²) in [7, 11) is 1.97. The van der Waals surface area contributed by atoms with Gasteiger partial charge in [0.05, 0.1) is 0 Å². The Hall–Kier alpha value is -0.930. The van der Waals surface area contributed by atoms with Gasteiger partial charge in [0.2, 0.25) is 0 Å². The highest BCUT2D eigenvalue weighted by Crippen LogP contribution is 2.02. The van der Waals surface area contributed by atoms with Crippen molar-refractivity contribution in [3.63, 3.8) is 0 Å². The van der Waals surface area contributed by atoms with E-state index in [1.807, 2.05) is 19.2 Å². The second-order valence-corrected chi connectivity index (χ2v) is 3.94. The van der Waals surface area contributed by atoms with E-state index < -0.39 is 0 Å². The number of nitrogens with one attached hydrogen (secondary N) is 2. The van der Waals surface area contributed by atoms with Crippen molar-refractivity contribution in [2.75, 3.05) is 26.7 Å². The molecule has 2 nitrogen and oxygen atoms in total. The molecule has 3 heteroatoms. The molecule has 0 bridgehead atoms. The van der Waals surface area contributed by atoms with Crippen LogP contribution in [-0.2, 0) is 6.42 Å². The summed E-state index contributed by atoms with van der Waals surface area (Å²) in [4.78, 5) is 0. The van der Waals surface area contributed by atoms with Gasteiger partial charge in [-0.3, -0.25) is 0 Å². The lowest BCUT2D eigenvalue weighted by atomic mass is 10.1. The van der Waals surface area contributed by atoms with Gasteiger partial charge in [-0.25, -0.2) is 4.39 Å². The van der Waals surface area contributed by atoms with Gasteiger partial charge in [0, 0.05) is 0 Å². The molecule has 0 atom stereocenters. The molecule has 0 saturated heterocycles. The molecule has 0 spiro atoms. The molecule has 0 aromatic heterocycles. The van der Waals surface area contributed by atoms with Crippen molar-refractivity contribution in [2.24, 2.45) is 0 Å². The highest BCUT2D eigenvalue weighted by atomic mass is 19.1. The fourth-order valence-corrected chi connectivity index (χ4v) is 1.56. The zero-order chi connectivity index (χ0) is 11.6. The van der Waals surface area contributed by atoms with Gasteiger partial charge in [-0.15, -0.1) is 0 Å². The molecule has 2 N–H and O–H groups in total. The van der Waals surface area contributed by atoms with Crippen LogP contribution in [0.4, 0.5) is 4.39 Å². The van der Waals surface area contributed by atoms with Crippen molar-refractivity contribution in [1.82, 2.24) is 10.6 Å². The molecule has 90 valence electrons. The van der Waals surface area contributed by atoms with Crippen LogP contribution < -0.4 is 10.6 Å². The maximum absolute atomic E-state index is 12.6. The molecule has 0 amide bonds. The van der Waals surface area contributed by atoms with Gasteiger partial charge in [0.15, 0.2) is 0 Å². The fraction of sp³-hybridized carbons (Fsp3) is 0.538. The summed E-state index contributed by atoms with van der Waals surface area (Å²) in [6.45, 7) is 3.10. The summed E-state index contributed by atoms with van der Waals surface area (Å²) in [6, 6.07) is 6.72. The Balaban J connectivity index is 2.01. The highest BCUT2D eigenvalue weighted by Gasteiger charge is 1.94. The molecule has 1 rings (SSSR count). The van der Waals surface area contributed by atoms with E-state index in [9.17, 15) is 4.39 Å². The summed E-state index contributed by atoms with van der Waals surface area (Å²) < 4.78 is 12.6. The molecule has 0 aliphatic heterocycles. The van der Waals surface area contributed by atoms with E-state index in [2.05, 4.69) is 10.6 Å². The normalized spacial score (nSPS) is 10.6. The van der Waals surface area contributed by atoms with Crippen molar-refractivity contribution < 1.29 is 4.39 Å². The Kier molecular flexibility index (Phi) is 6.77. The number of rotatable bonds is 8. The molecule has 0 aliphatic carbocycles. The molecule has 0 aliphatic rings.